The van der Waals surface area contributed by atoms with Crippen molar-refractivity contribution in [3.63, 3.8) is 0 Å². The first kappa shape index (κ1) is 24.7. The van der Waals surface area contributed by atoms with Gasteiger partial charge < -0.3 is 9.47 Å². The SMILES string of the molecule is [CH2][C][C][C][C][C][C][C]O[C@H]([C][CH2])[C@@H]1OC(C([O])=O)=[C][C@H](N=C([N])[N])[C@H]1[N]C([CH2])=O. The van der Waals surface area contributed by atoms with Crippen molar-refractivity contribution in [3.05, 3.63) is 84.2 Å². The third-order valence-corrected chi connectivity index (χ3v) is 3.00. The Balaban J connectivity index is 2.90. The zero-order chi connectivity index (χ0) is 21.8. The molecule has 0 bridgehead atoms. The number of aliphatic imine (C=N–C) groups is 1. The number of rotatable bonds is 13. The molecule has 0 fully saturated rings. The quantitative estimate of drug-likeness (QED) is 0.224. The molecule has 1 amide bonds. The number of ether oxygens (including phenoxy) is 2. The normalized spacial score (nSPS) is 22.2. The van der Waals surface area contributed by atoms with Gasteiger partial charge in [0.25, 0.3) is 5.96 Å². The molecule has 1 rings (SSSR count). The summed E-state index contributed by atoms with van der Waals surface area (Å²) in [6.07, 6.45) is 16.0. The van der Waals surface area contributed by atoms with E-state index in [1.165, 1.54) is 0 Å². The standard InChI is InChI=1S/C20H10N4O5/c1-4-6-7-8-9-10-11-28-15(5-2)18-17(23-13(3)25)14(24-20(21)22)12-16(29-18)19(26)27/h14-15,17-18H,1-3H2/t14-,15+,17+,18-/m0/s1. The average Bonchev–Trinajstić information content (AvgIpc) is 2.64. The molecular weight excluding hydrogens is 376 g/mol. The molecule has 140 valence electrons. The van der Waals surface area contributed by atoms with E-state index in [-0.39, 0.29) is 0 Å². The highest BCUT2D eigenvalue weighted by molar-refractivity contribution is 5.84. The summed E-state index contributed by atoms with van der Waals surface area (Å²) in [7, 11) is 0. The molecule has 26 radical (unpaired) electrons. The van der Waals surface area contributed by atoms with E-state index in [0.29, 0.717) is 0 Å². The van der Waals surface area contributed by atoms with Gasteiger partial charge in [0.15, 0.2) is 6.10 Å². The first-order valence-corrected chi connectivity index (χ1v) is 7.54. The zero-order valence-corrected chi connectivity index (χ0v) is 14.8. The monoisotopic (exact) mass is 386 g/mol. The van der Waals surface area contributed by atoms with Crippen LogP contribution in [0.15, 0.2) is 10.8 Å². The minimum absolute atomic E-state index is 0.819. The first-order chi connectivity index (χ1) is 13.8. The second-order valence-electron chi connectivity index (χ2n) is 4.88. The lowest BCUT2D eigenvalue weighted by molar-refractivity contribution is -0.147. The zero-order valence-electron chi connectivity index (χ0n) is 14.8. The van der Waals surface area contributed by atoms with Gasteiger partial charge in [0.1, 0.15) is 24.8 Å². The van der Waals surface area contributed by atoms with Crippen LogP contribution in [-0.4, -0.2) is 42.1 Å². The van der Waals surface area contributed by atoms with Gasteiger partial charge >= 0.3 is 5.97 Å². The third-order valence-electron chi connectivity index (χ3n) is 3.00. The van der Waals surface area contributed by atoms with Crippen molar-refractivity contribution in [2.75, 3.05) is 0 Å². The van der Waals surface area contributed by atoms with E-state index in [9.17, 15) is 14.7 Å². The fraction of sp³-hybridized carbons (Fsp3) is 0.200. The molecular formula is C20H10N4O5. The van der Waals surface area contributed by atoms with Gasteiger partial charge in [-0.1, -0.05) is 0 Å². The molecule has 4 atom stereocenters. The summed E-state index contributed by atoms with van der Waals surface area (Å²) in [6, 6.07) is -2.77. The Morgan fingerprint density at radius 2 is 1.83 bits per heavy atom. The van der Waals surface area contributed by atoms with E-state index in [1.54, 1.807) is 0 Å². The number of carbonyl (C=O) groups excluding carboxylic acids is 2. The number of hydrogen-bond donors (Lipinski definition) is 0. The molecule has 1 heterocycles. The van der Waals surface area contributed by atoms with E-state index in [0.717, 1.165) is 0 Å². The maximum Gasteiger partial charge on any atom is 0.420 e. The van der Waals surface area contributed by atoms with Gasteiger partial charge in [-0.2, -0.15) is 0 Å². The predicted octanol–water partition coefficient (Wildman–Crippen LogP) is -1.11. The smallest absolute Gasteiger partial charge is 0.420 e. The molecule has 0 aromatic carbocycles. The summed E-state index contributed by atoms with van der Waals surface area (Å²) in [6.45, 7) is 12.0. The van der Waals surface area contributed by atoms with E-state index >= 15 is 0 Å². The van der Waals surface area contributed by atoms with Crippen molar-refractivity contribution in [3.8, 4) is 0 Å². The Hall–Kier alpha value is -2.29. The molecule has 1 aliphatic heterocycles. The van der Waals surface area contributed by atoms with Crippen LogP contribution in [0.1, 0.15) is 0 Å². The van der Waals surface area contributed by atoms with Gasteiger partial charge in [-0.3, -0.25) is 4.79 Å². The molecule has 0 spiro atoms. The topological polar surface area (TPSA) is 144 Å². The van der Waals surface area contributed by atoms with Crippen LogP contribution >= 0.6 is 0 Å². The number of nitrogens with zero attached hydrogens (tertiary/aromatic N) is 4. The summed E-state index contributed by atoms with van der Waals surface area (Å²) < 4.78 is 10.4. The fourth-order valence-electron chi connectivity index (χ4n) is 2.01. The van der Waals surface area contributed by atoms with Crippen molar-refractivity contribution < 1.29 is 24.2 Å². The summed E-state index contributed by atoms with van der Waals surface area (Å²) in [5.41, 5.74) is 18.0. The molecule has 29 heavy (non-hydrogen) atoms. The van der Waals surface area contributed by atoms with E-state index in [1.807, 2.05) is 0 Å². The molecule has 0 aromatic rings. The van der Waals surface area contributed by atoms with Gasteiger partial charge in [0.05, 0.1) is 0 Å². The van der Waals surface area contributed by atoms with Crippen LogP contribution in [-0.2, 0) is 24.2 Å². The van der Waals surface area contributed by atoms with Crippen molar-refractivity contribution in [2.24, 2.45) is 4.99 Å². The maximum absolute atomic E-state index is 11.4. The van der Waals surface area contributed by atoms with E-state index in [4.69, 9.17) is 20.9 Å². The maximum atomic E-state index is 11.4. The minimum atomic E-state index is -1.77. The molecule has 1 aliphatic rings. The van der Waals surface area contributed by atoms with E-state index in [2.05, 4.69) is 88.7 Å². The second kappa shape index (κ2) is 13.0. The Morgan fingerprint density at radius 3 is 2.38 bits per heavy atom. The summed E-state index contributed by atoms with van der Waals surface area (Å²) in [5, 5.41) is 14.8. The molecule has 0 saturated carbocycles. The van der Waals surface area contributed by atoms with Crippen molar-refractivity contribution in [2.45, 2.75) is 24.3 Å². The number of guanidine groups is 1. The van der Waals surface area contributed by atoms with Crippen molar-refractivity contribution >= 4 is 17.8 Å². The molecule has 0 saturated heterocycles. The number of amides is 1. The highest BCUT2D eigenvalue weighted by Crippen LogP contribution is 2.26. The molecule has 0 N–H and O–H groups in total. The van der Waals surface area contributed by atoms with Crippen LogP contribution in [0.3, 0.4) is 0 Å². The Kier molecular flexibility index (Phi) is 11.1. The molecule has 0 unspecified atom stereocenters. The van der Waals surface area contributed by atoms with Crippen LogP contribution in [0.2, 0.25) is 0 Å². The number of unbranched alkanes of at least 4 members (excludes halogenated alkanes) is 5. The van der Waals surface area contributed by atoms with Crippen LogP contribution in [0.25, 0.3) is 0 Å². The largest absolute Gasteiger partial charge is 0.478 e. The van der Waals surface area contributed by atoms with Gasteiger partial charge in [0, 0.05) is 38.7 Å². The summed E-state index contributed by atoms with van der Waals surface area (Å²) in [5.74, 6) is -4.91. The first-order valence-electron chi connectivity index (χ1n) is 7.54. The van der Waals surface area contributed by atoms with Crippen LogP contribution < -0.4 is 16.8 Å². The lowest BCUT2D eigenvalue weighted by Crippen LogP contribution is -2.55. The van der Waals surface area contributed by atoms with E-state index < -0.39 is 47.9 Å². The van der Waals surface area contributed by atoms with Crippen molar-refractivity contribution in [1.82, 2.24) is 16.8 Å². The van der Waals surface area contributed by atoms with Gasteiger partial charge in [-0.15, -0.1) is 11.5 Å². The summed E-state index contributed by atoms with van der Waals surface area (Å²) in [4.78, 5) is 25.9. The highest BCUT2D eigenvalue weighted by atomic mass is 16.6. The molecule has 9 heteroatoms. The predicted molar refractivity (Wildman–Crippen MR) is 90.6 cm³/mol. The highest BCUT2D eigenvalue weighted by Gasteiger charge is 2.44. The number of hydrogen-bond acceptors (Lipinski definition) is 5. The Morgan fingerprint density at radius 1 is 1.17 bits per heavy atom. The van der Waals surface area contributed by atoms with Crippen LogP contribution in [0.4, 0.5) is 0 Å². The summed E-state index contributed by atoms with van der Waals surface area (Å²) >= 11 is 0. The van der Waals surface area contributed by atoms with Gasteiger partial charge in [-0.25, -0.2) is 20.2 Å². The van der Waals surface area contributed by atoms with Crippen LogP contribution in [0, 0.1) is 78.4 Å². The third kappa shape index (κ3) is 8.72. The second-order valence-corrected chi connectivity index (χ2v) is 4.88. The Bertz CT molecular complexity index is 589. The fourth-order valence-corrected chi connectivity index (χ4v) is 2.01. The molecule has 9 nitrogen and oxygen atoms in total. The average molecular weight is 386 g/mol. The van der Waals surface area contributed by atoms with Gasteiger partial charge in [0.2, 0.25) is 11.7 Å². The van der Waals surface area contributed by atoms with Crippen LogP contribution in [0.5, 0.6) is 0 Å². The minimum Gasteiger partial charge on any atom is -0.478 e. The number of carbonyl (C=O) groups is 2. The molecule has 0 aliphatic carbocycles. The lowest BCUT2D eigenvalue weighted by atomic mass is 9.93. The Labute approximate surface area is 172 Å². The lowest BCUT2D eigenvalue weighted by Gasteiger charge is -2.36. The van der Waals surface area contributed by atoms with Gasteiger partial charge in [-0.05, 0) is 33.1 Å². The van der Waals surface area contributed by atoms with Crippen molar-refractivity contribution in [1.29, 1.82) is 0 Å². The molecule has 0 aromatic heterocycles.